The summed E-state index contributed by atoms with van der Waals surface area (Å²) >= 11 is 0. The van der Waals surface area contributed by atoms with Crippen LogP contribution in [-0.4, -0.2) is 36.3 Å². The number of nitrogens with zero attached hydrogens (tertiary/aromatic N) is 3. The molecule has 6 rings (SSSR count). The molecule has 7 nitrogen and oxygen atoms in total. The highest BCUT2D eigenvalue weighted by Crippen LogP contribution is 2.51. The molecule has 7 heteroatoms. The fourth-order valence-electron chi connectivity index (χ4n) is 5.40. The standard InChI is InChI=1S/C34H31N3O4/c1-7-39-33(38)27-17-22-15-20(4)13-14-25(22)30-29-31-23(18-28(40-31)19(2)3)16-26(21(5)35-6)32(29)41-34(37(27)30)36-24-11-9-8-10-12-24/h8-18,30H,2,7H2,1,3-6H3. The summed E-state index contributed by atoms with van der Waals surface area (Å²) in [4.78, 5) is 24.8. The van der Waals surface area contributed by atoms with Crippen LogP contribution < -0.4 is 4.74 Å². The van der Waals surface area contributed by atoms with Crippen molar-refractivity contribution in [3.8, 4) is 5.75 Å². The summed E-state index contributed by atoms with van der Waals surface area (Å²) < 4.78 is 18.7. The van der Waals surface area contributed by atoms with Crippen LogP contribution in [-0.2, 0) is 9.53 Å². The molecule has 0 amide bonds. The van der Waals surface area contributed by atoms with E-state index in [4.69, 9.17) is 18.9 Å². The van der Waals surface area contributed by atoms with Crippen LogP contribution in [0.5, 0.6) is 5.75 Å². The molecule has 2 aliphatic rings. The second-order valence-electron chi connectivity index (χ2n) is 10.3. The second kappa shape index (κ2) is 10.2. The van der Waals surface area contributed by atoms with Crippen molar-refractivity contribution in [2.75, 3.05) is 13.7 Å². The first kappa shape index (κ1) is 26.3. The summed E-state index contributed by atoms with van der Waals surface area (Å²) in [5.41, 5.74) is 7.91. The Hall–Kier alpha value is -4.91. The topological polar surface area (TPSA) is 76.6 Å². The maximum Gasteiger partial charge on any atom is 0.355 e. The van der Waals surface area contributed by atoms with E-state index in [1.165, 1.54) is 0 Å². The molecule has 0 aliphatic carbocycles. The van der Waals surface area contributed by atoms with Crippen molar-refractivity contribution in [2.24, 2.45) is 9.98 Å². The van der Waals surface area contributed by atoms with Gasteiger partial charge < -0.3 is 13.9 Å². The molecule has 1 unspecified atom stereocenters. The molecule has 2 aliphatic heterocycles. The number of hydrogen-bond acceptors (Lipinski definition) is 6. The summed E-state index contributed by atoms with van der Waals surface area (Å²) in [6, 6.07) is 19.6. The van der Waals surface area contributed by atoms with Gasteiger partial charge in [0.1, 0.15) is 22.8 Å². The number of fused-ring (bicyclic) bond motifs is 7. The van der Waals surface area contributed by atoms with E-state index in [1.807, 2.05) is 74.2 Å². The molecule has 206 valence electrons. The van der Waals surface area contributed by atoms with Gasteiger partial charge in [0.2, 0.25) is 0 Å². The second-order valence-corrected chi connectivity index (χ2v) is 10.3. The normalized spacial score (nSPS) is 17.0. The van der Waals surface area contributed by atoms with Crippen molar-refractivity contribution in [3.05, 3.63) is 107 Å². The quantitative estimate of drug-likeness (QED) is 0.191. The maximum atomic E-state index is 13.5. The van der Waals surface area contributed by atoms with Crippen LogP contribution >= 0.6 is 0 Å². The monoisotopic (exact) mass is 545 g/mol. The average Bonchev–Trinajstić information content (AvgIpc) is 3.41. The minimum atomic E-state index is -0.488. The van der Waals surface area contributed by atoms with Gasteiger partial charge in [-0.25, -0.2) is 4.79 Å². The highest BCUT2D eigenvalue weighted by molar-refractivity contribution is 6.09. The van der Waals surface area contributed by atoms with Crippen LogP contribution in [0, 0.1) is 6.92 Å². The molecule has 3 heterocycles. The Morgan fingerprint density at radius 2 is 1.88 bits per heavy atom. The predicted molar refractivity (Wildman–Crippen MR) is 163 cm³/mol. The van der Waals surface area contributed by atoms with Crippen LogP contribution in [0.2, 0.25) is 0 Å². The zero-order chi connectivity index (χ0) is 28.8. The van der Waals surface area contributed by atoms with Gasteiger partial charge in [-0.3, -0.25) is 9.89 Å². The van der Waals surface area contributed by atoms with Crippen LogP contribution in [0.4, 0.5) is 5.69 Å². The Labute approximate surface area is 239 Å². The number of aryl methyl sites for hydroxylation is 1. The van der Waals surface area contributed by atoms with Crippen molar-refractivity contribution in [2.45, 2.75) is 33.7 Å². The maximum absolute atomic E-state index is 13.5. The number of esters is 1. The van der Waals surface area contributed by atoms with Crippen molar-refractivity contribution in [3.63, 3.8) is 0 Å². The van der Waals surface area contributed by atoms with Crippen LogP contribution in [0.25, 0.3) is 22.6 Å². The molecule has 41 heavy (non-hydrogen) atoms. The van der Waals surface area contributed by atoms with Gasteiger partial charge in [-0.15, -0.1) is 0 Å². The van der Waals surface area contributed by atoms with Crippen molar-refractivity contribution < 1.29 is 18.7 Å². The van der Waals surface area contributed by atoms with E-state index in [9.17, 15) is 4.79 Å². The largest absolute Gasteiger partial charge is 0.461 e. The molecule has 0 bridgehead atoms. The Morgan fingerprint density at radius 1 is 1.10 bits per heavy atom. The number of amidine groups is 1. The minimum Gasteiger partial charge on any atom is -0.461 e. The molecule has 1 atom stereocenters. The molecule has 0 N–H and O–H groups in total. The SMILES string of the molecule is C=C(C)c1cc2cc(C(C)=NC)c3c(c2o1)C1c2ccc(C)cc2C=C(C(=O)OCC)N1C(=Nc1ccccc1)O3. The molecular weight excluding hydrogens is 514 g/mol. The molecule has 0 radical (unpaired) electrons. The number of aliphatic imine (C=N–C) groups is 2. The molecule has 0 saturated carbocycles. The van der Waals surface area contributed by atoms with E-state index < -0.39 is 12.0 Å². The van der Waals surface area contributed by atoms with Crippen molar-refractivity contribution >= 4 is 46.0 Å². The molecule has 4 aromatic rings. The fourth-order valence-corrected chi connectivity index (χ4v) is 5.40. The third kappa shape index (κ3) is 4.43. The summed E-state index contributed by atoms with van der Waals surface area (Å²) in [7, 11) is 1.76. The minimum absolute atomic E-state index is 0.235. The van der Waals surface area contributed by atoms with Crippen molar-refractivity contribution in [1.82, 2.24) is 4.90 Å². The van der Waals surface area contributed by atoms with Gasteiger partial charge in [-0.2, -0.15) is 4.99 Å². The third-order valence-corrected chi connectivity index (χ3v) is 7.43. The van der Waals surface area contributed by atoms with Gasteiger partial charge in [0, 0.05) is 23.7 Å². The molecule has 1 aromatic heterocycles. The molecule has 0 fully saturated rings. The number of para-hydroxylation sites is 1. The molecular formula is C34H31N3O4. The number of rotatable bonds is 5. The Morgan fingerprint density at radius 3 is 2.59 bits per heavy atom. The Balaban J connectivity index is 1.74. The van der Waals surface area contributed by atoms with Gasteiger partial charge >= 0.3 is 12.0 Å². The molecule has 3 aromatic carbocycles. The van der Waals surface area contributed by atoms with E-state index in [1.54, 1.807) is 14.0 Å². The highest BCUT2D eigenvalue weighted by atomic mass is 16.5. The van der Waals surface area contributed by atoms with Crippen molar-refractivity contribution in [1.29, 1.82) is 0 Å². The lowest BCUT2D eigenvalue weighted by Gasteiger charge is -2.42. The van der Waals surface area contributed by atoms with Crippen LogP contribution in [0.15, 0.2) is 87.3 Å². The first-order chi connectivity index (χ1) is 19.8. The van der Waals surface area contributed by atoms with Gasteiger partial charge in [0.05, 0.1) is 23.9 Å². The molecule has 0 saturated heterocycles. The lowest BCUT2D eigenvalue weighted by Crippen LogP contribution is -2.46. The number of ether oxygens (including phenoxy) is 2. The van der Waals surface area contributed by atoms with Crippen LogP contribution in [0.1, 0.15) is 60.4 Å². The van der Waals surface area contributed by atoms with E-state index in [-0.39, 0.29) is 12.6 Å². The number of benzene rings is 3. The summed E-state index contributed by atoms with van der Waals surface area (Å²) in [6.07, 6.45) is 1.85. The smallest absolute Gasteiger partial charge is 0.355 e. The fraction of sp³-hybridized carbons (Fsp3) is 0.206. The average molecular weight is 546 g/mol. The first-order valence-electron chi connectivity index (χ1n) is 13.6. The number of allylic oxidation sites excluding steroid dienone is 1. The van der Waals surface area contributed by atoms with E-state index in [0.29, 0.717) is 28.5 Å². The number of hydrogen-bond donors (Lipinski definition) is 0. The Bertz CT molecular complexity index is 1810. The lowest BCUT2D eigenvalue weighted by molar-refractivity contribution is -0.140. The highest BCUT2D eigenvalue weighted by Gasteiger charge is 2.45. The summed E-state index contributed by atoms with van der Waals surface area (Å²) in [5.74, 6) is 0.816. The summed E-state index contributed by atoms with van der Waals surface area (Å²) in [6.45, 7) is 12.0. The zero-order valence-electron chi connectivity index (χ0n) is 23.8. The Kier molecular flexibility index (Phi) is 6.58. The van der Waals surface area contributed by atoms with Gasteiger partial charge in [0.15, 0.2) is 0 Å². The van der Waals surface area contributed by atoms with Gasteiger partial charge in [0.25, 0.3) is 0 Å². The summed E-state index contributed by atoms with van der Waals surface area (Å²) in [5, 5.41) is 0.896. The van der Waals surface area contributed by atoms with Gasteiger partial charge in [-0.05, 0) is 74.7 Å². The predicted octanol–water partition coefficient (Wildman–Crippen LogP) is 7.60. The van der Waals surface area contributed by atoms with Crippen LogP contribution in [0.3, 0.4) is 0 Å². The lowest BCUT2D eigenvalue weighted by atomic mass is 9.85. The number of carbonyl (C=O) groups is 1. The third-order valence-electron chi connectivity index (χ3n) is 7.43. The molecule has 0 spiro atoms. The van der Waals surface area contributed by atoms with Gasteiger partial charge in [-0.1, -0.05) is 48.5 Å². The number of carbonyl (C=O) groups excluding carboxylic acids is 1. The zero-order valence-corrected chi connectivity index (χ0v) is 23.8. The van der Waals surface area contributed by atoms with E-state index in [2.05, 4.69) is 29.8 Å². The number of furan rings is 1. The first-order valence-corrected chi connectivity index (χ1v) is 13.6. The van der Waals surface area contributed by atoms with E-state index in [0.717, 1.165) is 44.5 Å². The van der Waals surface area contributed by atoms with E-state index >= 15 is 0 Å².